The summed E-state index contributed by atoms with van der Waals surface area (Å²) in [5.74, 6) is 0.182. The lowest BCUT2D eigenvalue weighted by Gasteiger charge is -2.44. The van der Waals surface area contributed by atoms with Crippen molar-refractivity contribution in [3.63, 3.8) is 0 Å². The Labute approximate surface area is 174 Å². The van der Waals surface area contributed by atoms with Crippen LogP contribution in [0.3, 0.4) is 0 Å². The van der Waals surface area contributed by atoms with Crippen LogP contribution >= 0.6 is 0 Å². The second kappa shape index (κ2) is 5.78. The summed E-state index contributed by atoms with van der Waals surface area (Å²) >= 11 is 0. The molecule has 29 heavy (non-hydrogen) atoms. The third-order valence-electron chi connectivity index (χ3n) is 8.07. The highest BCUT2D eigenvalue weighted by Crippen LogP contribution is 2.65. The van der Waals surface area contributed by atoms with Crippen LogP contribution in [0.5, 0.6) is 11.5 Å². The second-order valence-corrected chi connectivity index (χ2v) is 9.95. The van der Waals surface area contributed by atoms with Crippen LogP contribution in [0.4, 0.5) is 0 Å². The number of aryl methyl sites for hydroxylation is 1. The van der Waals surface area contributed by atoms with Crippen LogP contribution in [0.25, 0.3) is 22.2 Å². The Morgan fingerprint density at radius 3 is 2.03 bits per heavy atom. The molecule has 0 atom stereocenters. The van der Waals surface area contributed by atoms with Gasteiger partial charge in [0, 0.05) is 22.1 Å². The van der Waals surface area contributed by atoms with Crippen molar-refractivity contribution < 1.29 is 10.2 Å². The third kappa shape index (κ3) is 2.29. The fourth-order valence-electron chi connectivity index (χ4n) is 5.07. The maximum Gasteiger partial charge on any atom is 0.128 e. The molecule has 1 aliphatic carbocycles. The summed E-state index contributed by atoms with van der Waals surface area (Å²) in [5.41, 5.74) is 3.68. The third-order valence-corrected chi connectivity index (χ3v) is 8.07. The summed E-state index contributed by atoms with van der Waals surface area (Å²) in [4.78, 5) is 4.76. The molecule has 1 heterocycles. The minimum atomic E-state index is -0.372. The minimum Gasteiger partial charge on any atom is -0.508 e. The van der Waals surface area contributed by atoms with Crippen molar-refractivity contribution in [3.05, 3.63) is 47.0 Å². The van der Waals surface area contributed by atoms with E-state index in [2.05, 4.69) is 41.5 Å². The van der Waals surface area contributed by atoms with Crippen LogP contribution in [0.15, 0.2) is 30.3 Å². The summed E-state index contributed by atoms with van der Waals surface area (Å²) < 4.78 is 0. The molecule has 0 unspecified atom stereocenters. The van der Waals surface area contributed by atoms with Gasteiger partial charge in [0.25, 0.3) is 0 Å². The van der Waals surface area contributed by atoms with Crippen molar-refractivity contribution in [2.45, 2.75) is 59.3 Å². The van der Waals surface area contributed by atoms with Crippen LogP contribution in [0.2, 0.25) is 0 Å². The Kier molecular flexibility index (Phi) is 3.95. The number of benzene rings is 2. The molecule has 0 spiro atoms. The van der Waals surface area contributed by atoms with E-state index in [0.29, 0.717) is 11.3 Å². The van der Waals surface area contributed by atoms with Gasteiger partial charge in [-0.05, 0) is 46.3 Å². The highest BCUT2D eigenvalue weighted by Gasteiger charge is 2.59. The van der Waals surface area contributed by atoms with Crippen molar-refractivity contribution in [1.29, 1.82) is 0 Å². The van der Waals surface area contributed by atoms with Gasteiger partial charge in [-0.3, -0.25) is 0 Å². The van der Waals surface area contributed by atoms with Crippen molar-refractivity contribution >= 4 is 24.2 Å². The van der Waals surface area contributed by atoms with E-state index in [1.165, 1.54) is 0 Å². The predicted octanol–water partition coefficient (Wildman–Crippen LogP) is 5.01. The first-order valence-corrected chi connectivity index (χ1v) is 10.1. The lowest BCUT2D eigenvalue weighted by Crippen LogP contribution is -2.42. The zero-order valence-electron chi connectivity index (χ0n) is 18.3. The molecule has 1 aliphatic rings. The van der Waals surface area contributed by atoms with Crippen molar-refractivity contribution in [3.8, 4) is 22.8 Å². The summed E-state index contributed by atoms with van der Waals surface area (Å²) in [6.07, 6.45) is 0. The van der Waals surface area contributed by atoms with Crippen LogP contribution in [-0.4, -0.2) is 23.0 Å². The molecule has 0 saturated carbocycles. The molecule has 0 aliphatic heterocycles. The molecular weight excluding hydrogens is 357 g/mol. The van der Waals surface area contributed by atoms with Gasteiger partial charge in [-0.2, -0.15) is 0 Å². The number of rotatable bonds is 1. The Hall–Kier alpha value is -2.49. The molecule has 4 rings (SSSR count). The van der Waals surface area contributed by atoms with Gasteiger partial charge >= 0.3 is 0 Å². The summed E-state index contributed by atoms with van der Waals surface area (Å²) in [5, 5.41) is 23.7. The minimum absolute atomic E-state index is 0.0580. The summed E-state index contributed by atoms with van der Waals surface area (Å²) in [7, 11) is 6.41. The number of pyridine rings is 1. The van der Waals surface area contributed by atoms with Crippen LogP contribution in [0, 0.1) is 12.3 Å². The Morgan fingerprint density at radius 2 is 1.41 bits per heavy atom. The molecule has 1 aromatic heterocycles. The van der Waals surface area contributed by atoms with Crippen molar-refractivity contribution in [1.82, 2.24) is 4.98 Å². The lowest BCUT2D eigenvalue weighted by atomic mass is 9.59. The van der Waals surface area contributed by atoms with E-state index in [9.17, 15) is 10.2 Å². The fraction of sp³-hybridized carbons (Fsp3) is 0.400. The van der Waals surface area contributed by atoms with Gasteiger partial charge in [0.1, 0.15) is 19.3 Å². The van der Waals surface area contributed by atoms with Crippen molar-refractivity contribution in [2.24, 2.45) is 5.41 Å². The van der Waals surface area contributed by atoms with Gasteiger partial charge in [-0.25, -0.2) is 4.98 Å². The average Bonchev–Trinajstić information content (AvgIpc) is 2.74. The van der Waals surface area contributed by atoms with Crippen molar-refractivity contribution in [2.75, 3.05) is 0 Å². The van der Waals surface area contributed by atoms with Gasteiger partial charge in [0.15, 0.2) is 0 Å². The van der Waals surface area contributed by atoms with E-state index < -0.39 is 0 Å². The van der Waals surface area contributed by atoms with E-state index in [4.69, 9.17) is 12.8 Å². The number of aromatic hydroxyl groups is 2. The molecule has 2 N–H and O–H groups in total. The van der Waals surface area contributed by atoms with E-state index >= 15 is 0 Å². The molecule has 0 fully saturated rings. The first kappa shape index (κ1) is 19.8. The molecule has 148 valence electrons. The number of hydrogen-bond acceptors (Lipinski definition) is 3. The normalized spacial score (nSPS) is 18.7. The Bertz CT molecular complexity index is 1180. The SMILES string of the molecule is [B]c1c(O)c2c(c(O)c1-c1ccc3c(C)cccc3n1)C(C)(C)C(C)(C)C2(C)C. The maximum atomic E-state index is 11.5. The second-order valence-electron chi connectivity index (χ2n) is 9.95. The number of phenolic OH excluding ortho intramolecular Hbond substituents is 2. The zero-order valence-corrected chi connectivity index (χ0v) is 18.3. The Balaban J connectivity index is 2.09. The smallest absolute Gasteiger partial charge is 0.128 e. The number of nitrogens with zero attached hydrogens (tertiary/aromatic N) is 1. The van der Waals surface area contributed by atoms with E-state index in [-0.39, 0.29) is 33.2 Å². The van der Waals surface area contributed by atoms with Gasteiger partial charge < -0.3 is 10.2 Å². The van der Waals surface area contributed by atoms with Crippen LogP contribution in [-0.2, 0) is 10.8 Å². The predicted molar refractivity (Wildman–Crippen MR) is 120 cm³/mol. The Morgan fingerprint density at radius 1 is 0.828 bits per heavy atom. The van der Waals surface area contributed by atoms with E-state index in [1.807, 2.05) is 37.3 Å². The van der Waals surface area contributed by atoms with Crippen LogP contribution < -0.4 is 5.46 Å². The van der Waals surface area contributed by atoms with Gasteiger partial charge in [0.05, 0.1) is 11.2 Å². The maximum absolute atomic E-state index is 11.5. The molecular formula is C25H28BNO2. The summed E-state index contributed by atoms with van der Waals surface area (Å²) in [6, 6.07) is 9.82. The molecule has 0 amide bonds. The highest BCUT2D eigenvalue weighted by molar-refractivity contribution is 6.38. The van der Waals surface area contributed by atoms with E-state index in [0.717, 1.165) is 27.6 Å². The number of hydrogen-bond donors (Lipinski definition) is 2. The monoisotopic (exact) mass is 385 g/mol. The molecule has 0 saturated heterocycles. The zero-order chi connectivity index (χ0) is 21.5. The average molecular weight is 385 g/mol. The largest absolute Gasteiger partial charge is 0.508 e. The lowest BCUT2D eigenvalue weighted by molar-refractivity contribution is 0.123. The topological polar surface area (TPSA) is 53.4 Å². The highest BCUT2D eigenvalue weighted by atomic mass is 16.3. The molecule has 3 aromatic rings. The number of phenols is 2. The standard InChI is InChI=1S/C25H28BNO2/c1-13-9-8-10-15-14(13)11-12-16(27-15)17-20(26)22(29)19-18(21(17)28)23(2,3)25(6,7)24(19,4)5/h8-12,28-29H,1-7H3. The number of fused-ring (bicyclic) bond motifs is 2. The van der Waals surface area contributed by atoms with E-state index in [1.54, 1.807) is 0 Å². The fourth-order valence-corrected chi connectivity index (χ4v) is 5.07. The molecule has 3 nitrogen and oxygen atoms in total. The van der Waals surface area contributed by atoms with Crippen LogP contribution in [0.1, 0.15) is 58.2 Å². The van der Waals surface area contributed by atoms with Gasteiger partial charge in [0.2, 0.25) is 0 Å². The summed E-state index contributed by atoms with van der Waals surface area (Å²) in [6.45, 7) is 14.9. The first-order chi connectivity index (χ1) is 13.3. The first-order valence-electron chi connectivity index (χ1n) is 10.1. The molecule has 2 radical (unpaired) electrons. The van der Waals surface area contributed by atoms with Gasteiger partial charge in [-0.1, -0.05) is 59.7 Å². The molecule has 0 bridgehead atoms. The van der Waals surface area contributed by atoms with Gasteiger partial charge in [-0.15, -0.1) is 0 Å². The number of aromatic nitrogens is 1. The quantitative estimate of drug-likeness (QED) is 0.457. The molecule has 2 aromatic carbocycles. The molecule has 4 heteroatoms.